The summed E-state index contributed by atoms with van der Waals surface area (Å²) in [6.07, 6.45) is 1.35. The van der Waals surface area contributed by atoms with E-state index in [1.54, 1.807) is 0 Å². The maximum Gasteiger partial charge on any atom is 0.148 e. The molecule has 0 spiro atoms. The van der Waals surface area contributed by atoms with E-state index in [2.05, 4.69) is 14.9 Å². The SMILES string of the molecule is [NH]Cc1conn1. The molecule has 4 heteroatoms. The highest BCUT2D eigenvalue weighted by molar-refractivity contribution is 4.84. The molecule has 0 aliphatic carbocycles. The molecule has 0 bridgehead atoms. The summed E-state index contributed by atoms with van der Waals surface area (Å²) < 4.78 is 4.32. The minimum atomic E-state index is 0.142. The lowest BCUT2D eigenvalue weighted by atomic mass is 10.5. The predicted molar refractivity (Wildman–Crippen MR) is 21.1 cm³/mol. The molecule has 0 atom stereocenters. The summed E-state index contributed by atoms with van der Waals surface area (Å²) in [4.78, 5) is 0. The van der Waals surface area contributed by atoms with Crippen molar-refractivity contribution in [2.75, 3.05) is 0 Å². The standard InChI is InChI=1S/C3H4N3O/c4-1-3-2-7-6-5-3/h2,4H,1H2. The smallest absolute Gasteiger partial charge is 0.148 e. The minimum Gasteiger partial charge on any atom is -0.345 e. The molecule has 1 aromatic rings. The zero-order chi connectivity index (χ0) is 5.11. The zero-order valence-electron chi connectivity index (χ0n) is 3.59. The van der Waals surface area contributed by atoms with Crippen molar-refractivity contribution in [3.8, 4) is 0 Å². The molecule has 1 radical (unpaired) electrons. The van der Waals surface area contributed by atoms with Gasteiger partial charge in [0.15, 0.2) is 0 Å². The molecule has 0 amide bonds. The molecule has 1 rings (SSSR count). The Bertz CT molecular complexity index is 125. The molecule has 0 saturated carbocycles. The highest BCUT2D eigenvalue weighted by Gasteiger charge is 1.88. The Kier molecular flexibility index (Phi) is 1.04. The summed E-state index contributed by atoms with van der Waals surface area (Å²) >= 11 is 0. The van der Waals surface area contributed by atoms with E-state index in [4.69, 9.17) is 5.73 Å². The van der Waals surface area contributed by atoms with Crippen LogP contribution in [0.25, 0.3) is 0 Å². The van der Waals surface area contributed by atoms with Crippen molar-refractivity contribution in [2.45, 2.75) is 6.54 Å². The summed E-state index contributed by atoms with van der Waals surface area (Å²) in [5.41, 5.74) is 7.27. The Morgan fingerprint density at radius 2 is 2.71 bits per heavy atom. The van der Waals surface area contributed by atoms with Crippen molar-refractivity contribution in [1.82, 2.24) is 16.1 Å². The molecule has 1 heterocycles. The van der Waals surface area contributed by atoms with Gasteiger partial charge in [-0.3, -0.25) is 5.73 Å². The molecular weight excluding hydrogens is 94.1 g/mol. The Morgan fingerprint density at radius 3 is 3.00 bits per heavy atom. The molecular formula is C3H4N3O. The molecule has 0 aliphatic heterocycles. The van der Waals surface area contributed by atoms with E-state index in [-0.39, 0.29) is 6.54 Å². The van der Waals surface area contributed by atoms with Crippen molar-refractivity contribution < 1.29 is 4.52 Å². The second-order valence-corrected chi connectivity index (χ2v) is 1.07. The van der Waals surface area contributed by atoms with Gasteiger partial charge in [-0.05, 0) is 0 Å². The quantitative estimate of drug-likeness (QED) is 0.490. The van der Waals surface area contributed by atoms with E-state index in [0.717, 1.165) is 0 Å². The van der Waals surface area contributed by atoms with Crippen molar-refractivity contribution in [2.24, 2.45) is 0 Å². The lowest BCUT2D eigenvalue weighted by molar-refractivity contribution is 0.392. The van der Waals surface area contributed by atoms with Gasteiger partial charge in [0.1, 0.15) is 12.0 Å². The summed E-state index contributed by atoms with van der Waals surface area (Å²) in [5.74, 6) is 0. The van der Waals surface area contributed by atoms with Gasteiger partial charge in [-0.2, -0.15) is 0 Å². The third-order valence-electron chi connectivity index (χ3n) is 0.586. The lowest BCUT2D eigenvalue weighted by Crippen LogP contribution is -1.82. The first-order valence-electron chi connectivity index (χ1n) is 1.84. The third kappa shape index (κ3) is 0.747. The van der Waals surface area contributed by atoms with Crippen LogP contribution in [0.3, 0.4) is 0 Å². The average molecular weight is 98.1 g/mol. The second kappa shape index (κ2) is 1.70. The van der Waals surface area contributed by atoms with E-state index in [0.29, 0.717) is 5.69 Å². The highest BCUT2D eigenvalue weighted by Crippen LogP contribution is 1.86. The van der Waals surface area contributed by atoms with Gasteiger partial charge >= 0.3 is 0 Å². The second-order valence-electron chi connectivity index (χ2n) is 1.07. The normalized spacial score (nSPS) is 9.29. The fraction of sp³-hybridized carbons (Fsp3) is 0.333. The number of aromatic nitrogens is 2. The van der Waals surface area contributed by atoms with E-state index < -0.39 is 0 Å². The molecule has 37 valence electrons. The summed E-state index contributed by atoms with van der Waals surface area (Å²) in [7, 11) is 0. The Hall–Kier alpha value is -0.900. The largest absolute Gasteiger partial charge is 0.345 e. The van der Waals surface area contributed by atoms with Crippen molar-refractivity contribution in [3.63, 3.8) is 0 Å². The number of rotatable bonds is 1. The topological polar surface area (TPSA) is 62.7 Å². The van der Waals surface area contributed by atoms with Crippen LogP contribution in [0.2, 0.25) is 0 Å². The molecule has 0 saturated heterocycles. The van der Waals surface area contributed by atoms with Crippen LogP contribution < -0.4 is 5.73 Å². The Balaban J connectivity index is 2.76. The van der Waals surface area contributed by atoms with Crippen LogP contribution in [0.15, 0.2) is 10.8 Å². The van der Waals surface area contributed by atoms with Crippen LogP contribution in [0.4, 0.5) is 0 Å². The first-order valence-corrected chi connectivity index (χ1v) is 1.84. The number of nitrogens with one attached hydrogen (secondary N) is 1. The van der Waals surface area contributed by atoms with E-state index in [1.807, 2.05) is 0 Å². The molecule has 0 fully saturated rings. The van der Waals surface area contributed by atoms with Crippen molar-refractivity contribution >= 4 is 0 Å². The summed E-state index contributed by atoms with van der Waals surface area (Å²) in [6.45, 7) is 0.142. The molecule has 1 aromatic heterocycles. The van der Waals surface area contributed by atoms with Gasteiger partial charge < -0.3 is 4.52 Å². The Labute approximate surface area is 40.3 Å². The van der Waals surface area contributed by atoms with Crippen molar-refractivity contribution in [3.05, 3.63) is 12.0 Å². The fourth-order valence-electron chi connectivity index (χ4n) is 0.261. The van der Waals surface area contributed by atoms with E-state index in [1.165, 1.54) is 6.26 Å². The molecule has 0 unspecified atom stereocenters. The predicted octanol–water partition coefficient (Wildman–Crippen LogP) is -0.148. The van der Waals surface area contributed by atoms with Crippen LogP contribution in [-0.4, -0.2) is 10.4 Å². The van der Waals surface area contributed by atoms with Gasteiger partial charge in [-0.25, -0.2) is 0 Å². The van der Waals surface area contributed by atoms with Gasteiger partial charge in [-0.1, -0.05) is 0 Å². The van der Waals surface area contributed by atoms with Crippen LogP contribution in [0, 0.1) is 0 Å². The van der Waals surface area contributed by atoms with Crippen LogP contribution >= 0.6 is 0 Å². The van der Waals surface area contributed by atoms with Crippen LogP contribution in [0.5, 0.6) is 0 Å². The lowest BCUT2D eigenvalue weighted by Gasteiger charge is -1.72. The van der Waals surface area contributed by atoms with Gasteiger partial charge in [0.25, 0.3) is 0 Å². The molecule has 1 N–H and O–H groups in total. The highest BCUT2D eigenvalue weighted by atomic mass is 16.5. The van der Waals surface area contributed by atoms with Crippen molar-refractivity contribution in [1.29, 1.82) is 0 Å². The first-order chi connectivity index (χ1) is 3.43. The van der Waals surface area contributed by atoms with Gasteiger partial charge in [0.05, 0.1) is 6.54 Å². The molecule has 4 nitrogen and oxygen atoms in total. The minimum absolute atomic E-state index is 0.142. The number of hydrogen-bond donors (Lipinski definition) is 0. The monoisotopic (exact) mass is 98.0 g/mol. The molecule has 7 heavy (non-hydrogen) atoms. The maximum absolute atomic E-state index is 6.70. The number of nitrogens with zero attached hydrogens (tertiary/aromatic N) is 2. The first kappa shape index (κ1) is 4.26. The summed E-state index contributed by atoms with van der Waals surface area (Å²) in [6, 6.07) is 0. The van der Waals surface area contributed by atoms with Gasteiger partial charge in [0, 0.05) is 5.27 Å². The number of hydrogen-bond acceptors (Lipinski definition) is 3. The van der Waals surface area contributed by atoms with E-state index in [9.17, 15) is 0 Å². The third-order valence-corrected chi connectivity index (χ3v) is 0.586. The van der Waals surface area contributed by atoms with Gasteiger partial charge in [-0.15, -0.1) is 5.10 Å². The maximum atomic E-state index is 6.70. The van der Waals surface area contributed by atoms with Crippen LogP contribution in [-0.2, 0) is 6.54 Å². The van der Waals surface area contributed by atoms with E-state index >= 15 is 0 Å². The zero-order valence-corrected chi connectivity index (χ0v) is 3.59. The van der Waals surface area contributed by atoms with Crippen LogP contribution in [0.1, 0.15) is 5.69 Å². The van der Waals surface area contributed by atoms with Gasteiger partial charge in [0.2, 0.25) is 0 Å². The Morgan fingerprint density at radius 1 is 1.86 bits per heavy atom. The summed E-state index contributed by atoms with van der Waals surface area (Å²) in [5, 5.41) is 6.58. The average Bonchev–Trinajstić information content (AvgIpc) is 2.14. The molecule has 0 aromatic carbocycles. The fourth-order valence-corrected chi connectivity index (χ4v) is 0.261. The molecule has 0 aliphatic rings.